The first kappa shape index (κ1) is 14.5. The van der Waals surface area contributed by atoms with Crippen molar-refractivity contribution in [1.29, 1.82) is 0 Å². The van der Waals surface area contributed by atoms with E-state index >= 15 is 0 Å². The zero-order valence-corrected chi connectivity index (χ0v) is 12.3. The van der Waals surface area contributed by atoms with E-state index in [2.05, 4.69) is 17.5 Å². The molecule has 0 radical (unpaired) electrons. The summed E-state index contributed by atoms with van der Waals surface area (Å²) in [5.74, 6) is 1.64. The summed E-state index contributed by atoms with van der Waals surface area (Å²) in [6.45, 7) is 2.22. The number of hydrazone groups is 1. The molecule has 19 heavy (non-hydrogen) atoms. The average Bonchev–Trinajstić information content (AvgIpc) is 3.02. The van der Waals surface area contributed by atoms with Gasteiger partial charge in [0.2, 0.25) is 5.91 Å². The normalized spacial score (nSPS) is 27.1. The Morgan fingerprint density at radius 1 is 1.21 bits per heavy atom. The van der Waals surface area contributed by atoms with Crippen molar-refractivity contribution in [1.82, 2.24) is 5.43 Å². The smallest absolute Gasteiger partial charge is 0.240 e. The van der Waals surface area contributed by atoms with E-state index in [0.717, 1.165) is 18.8 Å². The van der Waals surface area contributed by atoms with Gasteiger partial charge < -0.3 is 0 Å². The molecule has 3 nitrogen and oxygen atoms in total. The molecule has 108 valence electrons. The van der Waals surface area contributed by atoms with Crippen LogP contribution in [0, 0.1) is 11.8 Å². The maximum absolute atomic E-state index is 11.7. The van der Waals surface area contributed by atoms with Crippen LogP contribution >= 0.6 is 0 Å². The standard InChI is InChI=1S/C16H28N2O/c1-2-3-4-5-6-7-8-16(19)18-17-15-12-13-9-10-14(15)11-13/h13-14H,2-12H2,1H3,(H,18,19)/b17-15+. The highest BCUT2D eigenvalue weighted by Gasteiger charge is 2.36. The molecule has 0 saturated heterocycles. The van der Waals surface area contributed by atoms with Gasteiger partial charge in [-0.3, -0.25) is 4.79 Å². The zero-order chi connectivity index (χ0) is 13.5. The van der Waals surface area contributed by atoms with Gasteiger partial charge in [-0.1, -0.05) is 39.0 Å². The minimum absolute atomic E-state index is 0.103. The van der Waals surface area contributed by atoms with Crippen molar-refractivity contribution in [3.05, 3.63) is 0 Å². The largest absolute Gasteiger partial charge is 0.273 e. The van der Waals surface area contributed by atoms with E-state index in [1.54, 1.807) is 0 Å². The molecule has 2 bridgehead atoms. The lowest BCUT2D eigenvalue weighted by Gasteiger charge is -2.11. The Morgan fingerprint density at radius 2 is 2.00 bits per heavy atom. The van der Waals surface area contributed by atoms with Gasteiger partial charge in [0.05, 0.1) is 0 Å². The first-order valence-electron chi connectivity index (χ1n) is 8.15. The second kappa shape index (κ2) is 7.66. The highest BCUT2D eigenvalue weighted by atomic mass is 16.2. The SMILES string of the molecule is CCCCCCCCC(=O)N/N=C1\CC2CCC1C2. The van der Waals surface area contributed by atoms with Crippen LogP contribution in [0.3, 0.4) is 0 Å². The highest BCUT2D eigenvalue weighted by Crippen LogP contribution is 2.42. The zero-order valence-electron chi connectivity index (χ0n) is 12.3. The third-order valence-electron chi connectivity index (χ3n) is 4.59. The molecule has 2 rings (SSSR count). The molecular weight excluding hydrogens is 236 g/mol. The maximum atomic E-state index is 11.7. The van der Waals surface area contributed by atoms with Gasteiger partial charge in [-0.15, -0.1) is 0 Å². The second-order valence-electron chi connectivity index (χ2n) is 6.24. The second-order valence-corrected chi connectivity index (χ2v) is 6.24. The minimum atomic E-state index is 0.103. The Morgan fingerprint density at radius 3 is 2.68 bits per heavy atom. The highest BCUT2D eigenvalue weighted by molar-refractivity contribution is 5.90. The van der Waals surface area contributed by atoms with Crippen LogP contribution in [0.15, 0.2) is 5.10 Å². The topological polar surface area (TPSA) is 41.5 Å². The van der Waals surface area contributed by atoms with Gasteiger partial charge >= 0.3 is 0 Å². The van der Waals surface area contributed by atoms with Gasteiger partial charge in [0.1, 0.15) is 0 Å². The van der Waals surface area contributed by atoms with E-state index in [0.29, 0.717) is 12.3 Å². The van der Waals surface area contributed by atoms with E-state index in [1.807, 2.05) is 0 Å². The summed E-state index contributed by atoms with van der Waals surface area (Å²) >= 11 is 0. The van der Waals surface area contributed by atoms with Crippen LogP contribution in [-0.2, 0) is 4.79 Å². The molecular formula is C16H28N2O. The predicted octanol–water partition coefficient (Wildman–Crippen LogP) is 4.03. The molecule has 2 unspecified atom stereocenters. The summed E-state index contributed by atoms with van der Waals surface area (Å²) in [6, 6.07) is 0. The van der Waals surface area contributed by atoms with Gasteiger partial charge in [-0.2, -0.15) is 5.10 Å². The number of fused-ring (bicyclic) bond motifs is 2. The Bertz CT molecular complexity index is 325. The van der Waals surface area contributed by atoms with Gasteiger partial charge in [0.25, 0.3) is 0 Å². The molecule has 1 N–H and O–H groups in total. The van der Waals surface area contributed by atoms with Gasteiger partial charge in [-0.05, 0) is 43.9 Å². The lowest BCUT2D eigenvalue weighted by Crippen LogP contribution is -2.21. The van der Waals surface area contributed by atoms with Crippen molar-refractivity contribution in [3.63, 3.8) is 0 Å². The average molecular weight is 264 g/mol. The van der Waals surface area contributed by atoms with Crippen LogP contribution in [-0.4, -0.2) is 11.6 Å². The maximum Gasteiger partial charge on any atom is 0.240 e. The molecule has 0 aromatic carbocycles. The Kier molecular flexibility index (Phi) is 5.87. The third kappa shape index (κ3) is 4.63. The van der Waals surface area contributed by atoms with Crippen LogP contribution in [0.5, 0.6) is 0 Å². The van der Waals surface area contributed by atoms with Crippen LogP contribution in [0.4, 0.5) is 0 Å². The molecule has 0 aromatic heterocycles. The molecule has 1 amide bonds. The van der Waals surface area contributed by atoms with Gasteiger partial charge in [-0.25, -0.2) is 5.43 Å². The number of nitrogens with one attached hydrogen (secondary N) is 1. The Balaban J connectivity index is 1.54. The number of unbranched alkanes of at least 4 members (excludes halogenated alkanes) is 5. The number of carbonyl (C=O) groups excluding carboxylic acids is 1. The first-order valence-corrected chi connectivity index (χ1v) is 8.15. The van der Waals surface area contributed by atoms with E-state index in [-0.39, 0.29) is 5.91 Å². The number of rotatable bonds is 8. The molecule has 2 atom stereocenters. The Hall–Kier alpha value is -0.860. The fraction of sp³-hybridized carbons (Fsp3) is 0.875. The summed E-state index contributed by atoms with van der Waals surface area (Å²) in [7, 11) is 0. The molecule has 0 spiro atoms. The number of nitrogens with zero attached hydrogens (tertiary/aromatic N) is 1. The molecule has 2 fully saturated rings. The molecule has 0 aliphatic heterocycles. The van der Waals surface area contributed by atoms with Gasteiger partial charge in [0.15, 0.2) is 0 Å². The van der Waals surface area contributed by atoms with Crippen LogP contribution in [0.1, 0.15) is 77.6 Å². The van der Waals surface area contributed by atoms with Crippen molar-refractivity contribution in [2.75, 3.05) is 0 Å². The van der Waals surface area contributed by atoms with Crippen molar-refractivity contribution >= 4 is 11.6 Å². The quantitative estimate of drug-likeness (QED) is 0.522. The lowest BCUT2D eigenvalue weighted by atomic mass is 9.99. The third-order valence-corrected chi connectivity index (χ3v) is 4.59. The van der Waals surface area contributed by atoms with E-state index in [4.69, 9.17) is 0 Å². The van der Waals surface area contributed by atoms with Crippen LogP contribution < -0.4 is 5.43 Å². The van der Waals surface area contributed by atoms with Crippen molar-refractivity contribution in [2.24, 2.45) is 16.9 Å². The number of hydrogen-bond donors (Lipinski definition) is 1. The molecule has 2 saturated carbocycles. The fourth-order valence-electron chi connectivity index (χ4n) is 3.42. The number of carbonyl (C=O) groups is 1. The Labute approximate surface area is 117 Å². The first-order chi connectivity index (χ1) is 9.29. The van der Waals surface area contributed by atoms with Crippen molar-refractivity contribution in [2.45, 2.75) is 77.6 Å². The number of amides is 1. The molecule has 2 aliphatic carbocycles. The van der Waals surface area contributed by atoms with E-state index in [1.165, 1.54) is 57.1 Å². The van der Waals surface area contributed by atoms with Crippen LogP contribution in [0.25, 0.3) is 0 Å². The summed E-state index contributed by atoms with van der Waals surface area (Å²) in [6.07, 6.45) is 13.1. The molecule has 2 aliphatic rings. The molecule has 3 heteroatoms. The summed E-state index contributed by atoms with van der Waals surface area (Å²) in [4.78, 5) is 11.7. The fourth-order valence-corrected chi connectivity index (χ4v) is 3.42. The molecule has 0 heterocycles. The summed E-state index contributed by atoms with van der Waals surface area (Å²) in [5.41, 5.74) is 4.02. The predicted molar refractivity (Wildman–Crippen MR) is 79.0 cm³/mol. The number of hydrogen-bond acceptors (Lipinski definition) is 2. The van der Waals surface area contributed by atoms with E-state index in [9.17, 15) is 4.79 Å². The van der Waals surface area contributed by atoms with Gasteiger partial charge in [0, 0.05) is 12.1 Å². The van der Waals surface area contributed by atoms with E-state index < -0.39 is 0 Å². The van der Waals surface area contributed by atoms with Crippen molar-refractivity contribution < 1.29 is 4.79 Å². The van der Waals surface area contributed by atoms with Crippen LogP contribution in [0.2, 0.25) is 0 Å². The summed E-state index contributed by atoms with van der Waals surface area (Å²) < 4.78 is 0. The lowest BCUT2D eigenvalue weighted by molar-refractivity contribution is -0.121. The van der Waals surface area contributed by atoms with Crippen molar-refractivity contribution in [3.8, 4) is 0 Å². The molecule has 0 aromatic rings. The summed E-state index contributed by atoms with van der Waals surface area (Å²) in [5, 5.41) is 4.35. The monoisotopic (exact) mass is 264 g/mol. The minimum Gasteiger partial charge on any atom is -0.273 e.